The molecule has 0 saturated heterocycles. The van der Waals surface area contributed by atoms with E-state index in [2.05, 4.69) is 17.5 Å². The molecule has 122 valence electrons. The van der Waals surface area contributed by atoms with Crippen LogP contribution in [0.2, 0.25) is 0 Å². The Hall–Kier alpha value is -1.54. The van der Waals surface area contributed by atoms with E-state index in [1.807, 2.05) is 0 Å². The van der Waals surface area contributed by atoms with Gasteiger partial charge in [-0.15, -0.1) is 0 Å². The summed E-state index contributed by atoms with van der Waals surface area (Å²) in [6.07, 6.45) is 2.18. The second-order valence-corrected chi connectivity index (χ2v) is 6.81. The van der Waals surface area contributed by atoms with Crippen LogP contribution in [0, 0.1) is 5.92 Å². The van der Waals surface area contributed by atoms with Crippen molar-refractivity contribution < 1.29 is 21.6 Å². The van der Waals surface area contributed by atoms with E-state index in [9.17, 15) is 21.6 Å². The van der Waals surface area contributed by atoms with Crippen molar-refractivity contribution in [3.05, 3.63) is 35.9 Å². The van der Waals surface area contributed by atoms with Gasteiger partial charge in [-0.3, -0.25) is 0 Å². The monoisotopic (exact) mass is 334 g/mol. The number of rotatable bonds is 4. The van der Waals surface area contributed by atoms with E-state index in [-0.39, 0.29) is 5.69 Å². The number of anilines is 1. The summed E-state index contributed by atoms with van der Waals surface area (Å²) >= 11 is 0. The van der Waals surface area contributed by atoms with Gasteiger partial charge in [-0.1, -0.05) is 12.2 Å². The first-order valence-corrected chi connectivity index (χ1v) is 8.35. The van der Waals surface area contributed by atoms with E-state index in [1.165, 1.54) is 6.07 Å². The molecular weight excluding hydrogens is 317 g/mol. The molecule has 1 unspecified atom stereocenters. The molecular formula is C14H17F3N2O2S. The van der Waals surface area contributed by atoms with Gasteiger partial charge in [0.05, 0.1) is 10.5 Å². The van der Waals surface area contributed by atoms with Gasteiger partial charge in [-0.2, -0.15) is 13.2 Å². The Morgan fingerprint density at radius 3 is 2.55 bits per heavy atom. The molecule has 0 radical (unpaired) electrons. The molecule has 0 saturated carbocycles. The molecule has 0 fully saturated rings. The molecule has 1 aliphatic carbocycles. The maximum atomic E-state index is 13.0. The van der Waals surface area contributed by atoms with Crippen LogP contribution in [0.5, 0.6) is 0 Å². The van der Waals surface area contributed by atoms with Crippen LogP contribution in [0.25, 0.3) is 0 Å². The number of primary sulfonamides is 1. The molecule has 0 aromatic heterocycles. The van der Waals surface area contributed by atoms with Crippen molar-refractivity contribution >= 4 is 15.7 Å². The van der Waals surface area contributed by atoms with Crippen molar-refractivity contribution in [2.75, 3.05) is 11.9 Å². The molecule has 22 heavy (non-hydrogen) atoms. The van der Waals surface area contributed by atoms with Crippen LogP contribution < -0.4 is 10.5 Å². The summed E-state index contributed by atoms with van der Waals surface area (Å²) < 4.78 is 61.5. The summed E-state index contributed by atoms with van der Waals surface area (Å²) in [6.45, 7) is 0.538. The van der Waals surface area contributed by atoms with E-state index in [0.717, 1.165) is 31.4 Å². The first-order chi connectivity index (χ1) is 10.2. The zero-order chi connectivity index (χ0) is 16.4. The summed E-state index contributed by atoms with van der Waals surface area (Å²) in [4.78, 5) is -0.911. The fraction of sp³-hybridized carbons (Fsp3) is 0.429. The Balaban J connectivity index is 2.21. The molecule has 0 aliphatic heterocycles. The fourth-order valence-corrected chi connectivity index (χ4v) is 3.15. The molecule has 1 aromatic carbocycles. The number of sulfonamides is 1. The lowest BCUT2D eigenvalue weighted by molar-refractivity contribution is -0.139. The highest BCUT2D eigenvalue weighted by atomic mass is 32.2. The number of benzene rings is 1. The molecule has 2 rings (SSSR count). The number of hydrogen-bond donors (Lipinski definition) is 2. The average molecular weight is 334 g/mol. The second kappa shape index (κ2) is 6.29. The first-order valence-electron chi connectivity index (χ1n) is 6.81. The summed E-state index contributed by atoms with van der Waals surface area (Å²) in [5.41, 5.74) is -1.02. The summed E-state index contributed by atoms with van der Waals surface area (Å²) in [5, 5.41) is 7.78. The minimum absolute atomic E-state index is 0.231. The van der Waals surface area contributed by atoms with Crippen LogP contribution >= 0.6 is 0 Å². The van der Waals surface area contributed by atoms with E-state index in [1.54, 1.807) is 0 Å². The molecule has 1 aromatic rings. The van der Waals surface area contributed by atoms with Crippen molar-refractivity contribution in [3.8, 4) is 0 Å². The maximum absolute atomic E-state index is 13.0. The highest BCUT2D eigenvalue weighted by Gasteiger charge is 2.36. The van der Waals surface area contributed by atoms with Gasteiger partial charge in [0, 0.05) is 12.2 Å². The Morgan fingerprint density at radius 2 is 2.00 bits per heavy atom. The van der Waals surface area contributed by atoms with E-state index in [4.69, 9.17) is 5.14 Å². The van der Waals surface area contributed by atoms with Gasteiger partial charge in [0.15, 0.2) is 0 Å². The van der Waals surface area contributed by atoms with Gasteiger partial charge in [0.25, 0.3) is 0 Å². The van der Waals surface area contributed by atoms with E-state index >= 15 is 0 Å². The van der Waals surface area contributed by atoms with Gasteiger partial charge >= 0.3 is 6.18 Å². The third-order valence-corrected chi connectivity index (χ3v) is 4.53. The Kier molecular flexibility index (Phi) is 4.81. The molecule has 0 spiro atoms. The topological polar surface area (TPSA) is 72.2 Å². The third-order valence-electron chi connectivity index (χ3n) is 3.56. The number of alkyl halides is 3. The predicted octanol–water partition coefficient (Wildman–Crippen LogP) is 3.12. The smallest absolute Gasteiger partial charge is 0.385 e. The third kappa shape index (κ3) is 4.23. The minimum atomic E-state index is -4.78. The summed E-state index contributed by atoms with van der Waals surface area (Å²) in [6, 6.07) is 2.98. The zero-order valence-electron chi connectivity index (χ0n) is 11.7. The minimum Gasteiger partial charge on any atom is -0.385 e. The van der Waals surface area contributed by atoms with Gasteiger partial charge in [-0.05, 0) is 43.4 Å². The summed E-state index contributed by atoms with van der Waals surface area (Å²) in [7, 11) is -4.43. The predicted molar refractivity (Wildman–Crippen MR) is 77.8 cm³/mol. The highest BCUT2D eigenvalue weighted by molar-refractivity contribution is 7.89. The normalized spacial score (nSPS) is 19.2. The maximum Gasteiger partial charge on any atom is 0.417 e. The Labute approximate surface area is 127 Å². The van der Waals surface area contributed by atoms with E-state index in [0.29, 0.717) is 12.5 Å². The Bertz CT molecular complexity index is 669. The van der Waals surface area contributed by atoms with Crippen molar-refractivity contribution in [3.63, 3.8) is 0 Å². The summed E-state index contributed by atoms with van der Waals surface area (Å²) in [5.74, 6) is 0.359. The van der Waals surface area contributed by atoms with Crippen molar-refractivity contribution in [1.29, 1.82) is 0 Å². The second-order valence-electron chi connectivity index (χ2n) is 5.29. The standard InChI is InChI=1S/C14H17F3N2O2S/c15-14(16,17)12-8-11(6-7-13(12)22(18,20)21)19-9-10-4-2-1-3-5-10/h1-2,6-8,10,19H,3-5,9H2,(H2,18,20,21). The van der Waals surface area contributed by atoms with Crippen molar-refractivity contribution in [2.24, 2.45) is 11.1 Å². The molecule has 1 atom stereocenters. The van der Waals surface area contributed by atoms with Crippen LogP contribution in [0.4, 0.5) is 18.9 Å². The van der Waals surface area contributed by atoms with Gasteiger partial charge in [0.2, 0.25) is 10.0 Å². The van der Waals surface area contributed by atoms with Gasteiger partial charge in [0.1, 0.15) is 0 Å². The lowest BCUT2D eigenvalue weighted by Crippen LogP contribution is -2.20. The number of halogens is 3. The molecule has 0 amide bonds. The van der Waals surface area contributed by atoms with E-state index < -0.39 is 26.7 Å². The van der Waals surface area contributed by atoms with Crippen LogP contribution in [0.3, 0.4) is 0 Å². The average Bonchev–Trinajstić information content (AvgIpc) is 2.44. The molecule has 0 heterocycles. The number of hydrogen-bond acceptors (Lipinski definition) is 3. The van der Waals surface area contributed by atoms with Crippen molar-refractivity contribution in [2.45, 2.75) is 30.3 Å². The number of allylic oxidation sites excluding steroid dienone is 2. The molecule has 8 heteroatoms. The van der Waals surface area contributed by atoms with Gasteiger partial charge in [-0.25, -0.2) is 13.6 Å². The molecule has 0 bridgehead atoms. The zero-order valence-corrected chi connectivity index (χ0v) is 12.5. The molecule has 1 aliphatic rings. The van der Waals surface area contributed by atoms with Crippen LogP contribution in [0.15, 0.2) is 35.2 Å². The number of nitrogens with two attached hydrogens (primary N) is 1. The molecule has 4 nitrogen and oxygen atoms in total. The van der Waals surface area contributed by atoms with Crippen LogP contribution in [-0.2, 0) is 16.2 Å². The first kappa shape index (κ1) is 16.8. The largest absolute Gasteiger partial charge is 0.417 e. The van der Waals surface area contributed by atoms with Gasteiger partial charge < -0.3 is 5.32 Å². The number of nitrogens with one attached hydrogen (secondary N) is 1. The lowest BCUT2D eigenvalue weighted by Gasteiger charge is -2.20. The van der Waals surface area contributed by atoms with Crippen LogP contribution in [0.1, 0.15) is 24.8 Å². The van der Waals surface area contributed by atoms with Crippen LogP contribution in [-0.4, -0.2) is 15.0 Å². The molecule has 3 N–H and O–H groups in total. The van der Waals surface area contributed by atoms with Crippen molar-refractivity contribution in [1.82, 2.24) is 0 Å². The Morgan fingerprint density at radius 1 is 1.27 bits per heavy atom. The SMILES string of the molecule is NS(=O)(=O)c1ccc(NCC2CC=CCC2)cc1C(F)(F)F. The fourth-order valence-electron chi connectivity index (χ4n) is 2.41. The highest BCUT2D eigenvalue weighted by Crippen LogP contribution is 2.35. The quantitative estimate of drug-likeness (QED) is 0.831. The lowest BCUT2D eigenvalue weighted by atomic mass is 9.94.